The van der Waals surface area contributed by atoms with Crippen molar-refractivity contribution >= 4 is 17.2 Å². The first-order valence-corrected chi connectivity index (χ1v) is 9.14. The van der Waals surface area contributed by atoms with E-state index in [-0.39, 0.29) is 5.91 Å². The van der Waals surface area contributed by atoms with E-state index in [2.05, 4.69) is 20.4 Å². The smallest absolute Gasteiger partial charge is 0.263 e. The third kappa shape index (κ3) is 3.61. The van der Waals surface area contributed by atoms with E-state index < -0.39 is 0 Å². The van der Waals surface area contributed by atoms with Crippen LogP contribution in [0.5, 0.6) is 0 Å². The summed E-state index contributed by atoms with van der Waals surface area (Å²) in [5, 5.41) is 8.08. The van der Waals surface area contributed by atoms with Gasteiger partial charge >= 0.3 is 0 Å². The van der Waals surface area contributed by atoms with E-state index in [1.165, 1.54) is 11.3 Å². The summed E-state index contributed by atoms with van der Waals surface area (Å²) >= 11 is 1.45. The maximum atomic E-state index is 12.1. The fourth-order valence-electron chi connectivity index (χ4n) is 2.64. The molecule has 0 atom stereocenters. The van der Waals surface area contributed by atoms with Gasteiger partial charge in [-0.05, 0) is 38.3 Å². The molecular weight excluding hydrogens is 336 g/mol. The highest BCUT2D eigenvalue weighted by Gasteiger charge is 2.24. The number of carbonyl (C=O) groups is 1. The van der Waals surface area contributed by atoms with Crippen molar-refractivity contribution in [1.29, 1.82) is 0 Å². The molecule has 0 saturated heterocycles. The van der Waals surface area contributed by atoms with E-state index >= 15 is 0 Å². The van der Waals surface area contributed by atoms with Crippen LogP contribution in [-0.2, 0) is 12.8 Å². The van der Waals surface area contributed by atoms with Crippen molar-refractivity contribution in [3.05, 3.63) is 51.8 Å². The lowest BCUT2D eigenvalue weighted by molar-refractivity contribution is 0.0955. The Labute approximate surface area is 149 Å². The highest BCUT2D eigenvalue weighted by Crippen LogP contribution is 2.26. The molecule has 3 aromatic rings. The SMILES string of the molecule is Cc1onc(-c2ccccn2)c1CCc1ncc(C(=O)NC2CC2)s1. The van der Waals surface area contributed by atoms with Gasteiger partial charge in [0, 0.05) is 24.2 Å². The number of carbonyl (C=O) groups excluding carboxylic acids is 1. The van der Waals surface area contributed by atoms with Crippen molar-refractivity contribution in [3.63, 3.8) is 0 Å². The number of hydrogen-bond acceptors (Lipinski definition) is 6. The van der Waals surface area contributed by atoms with Crippen molar-refractivity contribution in [1.82, 2.24) is 20.4 Å². The molecule has 0 aromatic carbocycles. The molecule has 1 fully saturated rings. The molecule has 1 aliphatic rings. The number of amides is 1. The van der Waals surface area contributed by atoms with Crippen LogP contribution in [0, 0.1) is 6.92 Å². The van der Waals surface area contributed by atoms with Gasteiger partial charge in [-0.3, -0.25) is 9.78 Å². The molecule has 7 heteroatoms. The van der Waals surface area contributed by atoms with Crippen LogP contribution < -0.4 is 5.32 Å². The number of hydrogen-bond donors (Lipinski definition) is 1. The average molecular weight is 354 g/mol. The number of nitrogens with zero attached hydrogens (tertiary/aromatic N) is 3. The van der Waals surface area contributed by atoms with Gasteiger partial charge in [0.1, 0.15) is 16.3 Å². The van der Waals surface area contributed by atoms with Crippen molar-refractivity contribution < 1.29 is 9.32 Å². The molecule has 6 nitrogen and oxygen atoms in total. The van der Waals surface area contributed by atoms with Gasteiger partial charge in [0.2, 0.25) is 0 Å². The number of thiazole rings is 1. The second-order valence-electron chi connectivity index (χ2n) is 6.15. The fourth-order valence-corrected chi connectivity index (χ4v) is 3.46. The third-order valence-corrected chi connectivity index (χ3v) is 5.23. The Morgan fingerprint density at radius 1 is 1.32 bits per heavy atom. The van der Waals surface area contributed by atoms with Gasteiger partial charge in [-0.1, -0.05) is 11.2 Å². The summed E-state index contributed by atoms with van der Waals surface area (Å²) < 4.78 is 5.36. The topological polar surface area (TPSA) is 80.9 Å². The number of rotatable bonds is 6. The second kappa shape index (κ2) is 6.76. The minimum atomic E-state index is -0.0124. The lowest BCUT2D eigenvalue weighted by Gasteiger charge is -2.01. The Balaban J connectivity index is 1.46. The Hall–Kier alpha value is -2.54. The molecule has 3 aromatic heterocycles. The van der Waals surface area contributed by atoms with Gasteiger partial charge in [0.25, 0.3) is 5.91 Å². The Morgan fingerprint density at radius 3 is 2.96 bits per heavy atom. The highest BCUT2D eigenvalue weighted by molar-refractivity contribution is 7.13. The molecule has 0 unspecified atom stereocenters. The summed E-state index contributed by atoms with van der Waals surface area (Å²) in [6, 6.07) is 6.09. The molecule has 1 N–H and O–H groups in total. The van der Waals surface area contributed by atoms with Crippen LogP contribution in [0.3, 0.4) is 0 Å². The number of aromatic nitrogens is 3. The molecule has 128 valence electrons. The normalized spacial score (nSPS) is 13.8. The zero-order chi connectivity index (χ0) is 17.2. The average Bonchev–Trinajstić information content (AvgIpc) is 3.18. The molecule has 0 radical (unpaired) electrons. The van der Waals surface area contributed by atoms with Gasteiger partial charge in [0.15, 0.2) is 0 Å². The zero-order valence-corrected chi connectivity index (χ0v) is 14.7. The maximum Gasteiger partial charge on any atom is 0.263 e. The summed E-state index contributed by atoms with van der Waals surface area (Å²) in [5.74, 6) is 0.783. The lowest BCUT2D eigenvalue weighted by Crippen LogP contribution is -2.24. The van der Waals surface area contributed by atoms with Gasteiger partial charge in [-0.15, -0.1) is 11.3 Å². The third-order valence-electron chi connectivity index (χ3n) is 4.17. The Morgan fingerprint density at radius 2 is 2.20 bits per heavy atom. The van der Waals surface area contributed by atoms with E-state index in [0.717, 1.165) is 53.4 Å². The molecule has 0 spiro atoms. The summed E-state index contributed by atoms with van der Waals surface area (Å²) in [7, 11) is 0. The van der Waals surface area contributed by atoms with Crippen LogP contribution in [0.2, 0.25) is 0 Å². The summed E-state index contributed by atoms with van der Waals surface area (Å²) in [6.45, 7) is 1.91. The number of nitrogens with one attached hydrogen (secondary N) is 1. The number of pyridine rings is 1. The Bertz CT molecular complexity index is 884. The minimum Gasteiger partial charge on any atom is -0.361 e. The maximum absolute atomic E-state index is 12.1. The first-order valence-electron chi connectivity index (χ1n) is 8.33. The van der Waals surface area contributed by atoms with Crippen LogP contribution in [0.4, 0.5) is 0 Å². The summed E-state index contributed by atoms with van der Waals surface area (Å²) in [6.07, 6.45) is 7.06. The molecule has 0 bridgehead atoms. The Kier molecular flexibility index (Phi) is 4.31. The van der Waals surface area contributed by atoms with Gasteiger partial charge in [-0.2, -0.15) is 0 Å². The van der Waals surface area contributed by atoms with Crippen LogP contribution in [-0.4, -0.2) is 27.1 Å². The summed E-state index contributed by atoms with van der Waals surface area (Å²) in [4.78, 5) is 21.5. The predicted molar refractivity (Wildman–Crippen MR) is 94.5 cm³/mol. The quantitative estimate of drug-likeness (QED) is 0.735. The molecule has 4 rings (SSSR count). The van der Waals surface area contributed by atoms with Crippen molar-refractivity contribution in [3.8, 4) is 11.4 Å². The van der Waals surface area contributed by atoms with Crippen LogP contribution in [0.1, 0.15) is 38.8 Å². The molecular formula is C18H18N4O2S. The molecule has 1 saturated carbocycles. The van der Waals surface area contributed by atoms with Crippen LogP contribution >= 0.6 is 11.3 Å². The van der Waals surface area contributed by atoms with Gasteiger partial charge in [-0.25, -0.2) is 4.98 Å². The first kappa shape index (κ1) is 16.0. The van der Waals surface area contributed by atoms with Gasteiger partial charge in [0.05, 0.1) is 16.9 Å². The largest absolute Gasteiger partial charge is 0.361 e. The van der Waals surface area contributed by atoms with Crippen molar-refractivity contribution in [2.24, 2.45) is 0 Å². The predicted octanol–water partition coefficient (Wildman–Crippen LogP) is 3.18. The van der Waals surface area contributed by atoms with E-state index in [4.69, 9.17) is 4.52 Å². The zero-order valence-electron chi connectivity index (χ0n) is 13.9. The molecule has 25 heavy (non-hydrogen) atoms. The standard InChI is InChI=1S/C18H18N4O2S/c1-11-13(17(22-24-11)14-4-2-3-9-19-14)7-8-16-20-10-15(25-16)18(23)21-12-5-6-12/h2-4,9-10,12H,5-8H2,1H3,(H,21,23). The first-order chi connectivity index (χ1) is 12.2. The van der Waals surface area contributed by atoms with E-state index in [0.29, 0.717) is 10.9 Å². The minimum absolute atomic E-state index is 0.0124. The monoisotopic (exact) mass is 354 g/mol. The highest BCUT2D eigenvalue weighted by atomic mass is 32.1. The molecule has 0 aliphatic heterocycles. The van der Waals surface area contributed by atoms with Gasteiger partial charge < -0.3 is 9.84 Å². The molecule has 3 heterocycles. The summed E-state index contributed by atoms with van der Waals surface area (Å²) in [5.41, 5.74) is 2.62. The molecule has 1 amide bonds. The van der Waals surface area contributed by atoms with E-state index in [9.17, 15) is 4.79 Å². The van der Waals surface area contributed by atoms with Crippen LogP contribution in [0.15, 0.2) is 35.1 Å². The lowest BCUT2D eigenvalue weighted by atomic mass is 10.1. The van der Waals surface area contributed by atoms with E-state index in [1.807, 2.05) is 25.1 Å². The van der Waals surface area contributed by atoms with Crippen molar-refractivity contribution in [2.45, 2.75) is 38.6 Å². The fraction of sp³-hybridized carbons (Fsp3) is 0.333. The van der Waals surface area contributed by atoms with Crippen LogP contribution in [0.25, 0.3) is 11.4 Å². The second-order valence-corrected chi connectivity index (χ2v) is 7.26. The van der Waals surface area contributed by atoms with Crippen molar-refractivity contribution in [2.75, 3.05) is 0 Å². The number of aryl methyl sites for hydroxylation is 2. The molecule has 1 aliphatic carbocycles. The van der Waals surface area contributed by atoms with E-state index in [1.54, 1.807) is 12.4 Å².